The molecule has 0 aliphatic heterocycles. The Morgan fingerprint density at radius 3 is 2.33 bits per heavy atom. The predicted molar refractivity (Wildman–Crippen MR) is 43.1 cm³/mol. The van der Waals surface area contributed by atoms with E-state index in [2.05, 4.69) is 26.1 Å². The SMILES string of the molecule is CCNC(C)(C)CCCl. The molecule has 2 heteroatoms. The molecule has 0 heterocycles. The van der Waals surface area contributed by atoms with E-state index in [1.165, 1.54) is 0 Å². The smallest absolute Gasteiger partial charge is 0.0240 e. The lowest BCUT2D eigenvalue weighted by Gasteiger charge is -2.24. The summed E-state index contributed by atoms with van der Waals surface area (Å²) in [6.07, 6.45) is 1.03. The fraction of sp³-hybridized carbons (Fsp3) is 1.00. The molecule has 0 amide bonds. The maximum Gasteiger partial charge on any atom is 0.0240 e. The summed E-state index contributed by atoms with van der Waals surface area (Å²) in [6.45, 7) is 7.46. The summed E-state index contributed by atoms with van der Waals surface area (Å²) in [7, 11) is 0. The molecule has 0 aliphatic rings. The van der Waals surface area contributed by atoms with Crippen molar-refractivity contribution in [3.05, 3.63) is 0 Å². The summed E-state index contributed by atoms with van der Waals surface area (Å²) >= 11 is 5.58. The molecule has 56 valence electrons. The zero-order chi connectivity index (χ0) is 7.33. The predicted octanol–water partition coefficient (Wildman–Crippen LogP) is 2.00. The van der Waals surface area contributed by atoms with Gasteiger partial charge < -0.3 is 5.32 Å². The third-order valence-corrected chi connectivity index (χ3v) is 1.56. The first-order valence-electron chi connectivity index (χ1n) is 3.43. The van der Waals surface area contributed by atoms with Gasteiger partial charge in [-0.3, -0.25) is 0 Å². The van der Waals surface area contributed by atoms with Crippen molar-refractivity contribution in [1.29, 1.82) is 0 Å². The van der Waals surface area contributed by atoms with Crippen molar-refractivity contribution < 1.29 is 0 Å². The second-order valence-electron chi connectivity index (χ2n) is 2.85. The van der Waals surface area contributed by atoms with Crippen LogP contribution in [0.1, 0.15) is 27.2 Å². The molecule has 1 nitrogen and oxygen atoms in total. The molecule has 0 aliphatic carbocycles. The monoisotopic (exact) mass is 149 g/mol. The van der Waals surface area contributed by atoms with Crippen molar-refractivity contribution in [3.8, 4) is 0 Å². The molecule has 0 unspecified atom stereocenters. The summed E-state index contributed by atoms with van der Waals surface area (Å²) in [5, 5.41) is 3.34. The van der Waals surface area contributed by atoms with E-state index in [0.717, 1.165) is 18.8 Å². The molecule has 0 radical (unpaired) electrons. The molecule has 0 aromatic rings. The fourth-order valence-electron chi connectivity index (χ4n) is 0.803. The molecular formula is C7H16ClN. The van der Waals surface area contributed by atoms with Crippen LogP contribution in [-0.4, -0.2) is 18.0 Å². The van der Waals surface area contributed by atoms with Crippen molar-refractivity contribution >= 4 is 11.6 Å². The summed E-state index contributed by atoms with van der Waals surface area (Å²) in [6, 6.07) is 0. The summed E-state index contributed by atoms with van der Waals surface area (Å²) in [4.78, 5) is 0. The Balaban J connectivity index is 3.43. The van der Waals surface area contributed by atoms with E-state index in [0.29, 0.717) is 0 Å². The molecule has 0 rings (SSSR count). The Bertz CT molecular complexity index is 63.3. The number of nitrogens with one attached hydrogen (secondary N) is 1. The molecule has 0 saturated carbocycles. The average molecular weight is 150 g/mol. The van der Waals surface area contributed by atoms with E-state index in [1.807, 2.05) is 0 Å². The van der Waals surface area contributed by atoms with Gasteiger partial charge in [-0.15, -0.1) is 11.6 Å². The molecule has 0 atom stereocenters. The van der Waals surface area contributed by atoms with Gasteiger partial charge >= 0.3 is 0 Å². The maximum absolute atomic E-state index is 5.58. The molecule has 0 spiro atoms. The highest BCUT2D eigenvalue weighted by Gasteiger charge is 2.13. The number of rotatable bonds is 4. The van der Waals surface area contributed by atoms with Crippen molar-refractivity contribution in [2.24, 2.45) is 0 Å². The molecule has 0 fully saturated rings. The Labute approximate surface area is 62.8 Å². The van der Waals surface area contributed by atoms with Gasteiger partial charge in [0, 0.05) is 11.4 Å². The zero-order valence-corrected chi connectivity index (χ0v) is 7.26. The van der Waals surface area contributed by atoms with Crippen molar-refractivity contribution in [2.75, 3.05) is 12.4 Å². The van der Waals surface area contributed by atoms with Gasteiger partial charge in [0.05, 0.1) is 0 Å². The zero-order valence-electron chi connectivity index (χ0n) is 6.50. The molecule has 0 bridgehead atoms. The van der Waals surface area contributed by atoms with Gasteiger partial charge in [0.2, 0.25) is 0 Å². The first-order chi connectivity index (χ1) is 4.12. The normalized spacial score (nSPS) is 12.0. The van der Waals surface area contributed by atoms with Crippen LogP contribution in [-0.2, 0) is 0 Å². The fourth-order valence-corrected chi connectivity index (χ4v) is 1.28. The van der Waals surface area contributed by atoms with Gasteiger partial charge in [-0.2, -0.15) is 0 Å². The lowest BCUT2D eigenvalue weighted by molar-refractivity contribution is 0.389. The highest BCUT2D eigenvalue weighted by molar-refractivity contribution is 6.17. The van der Waals surface area contributed by atoms with Gasteiger partial charge in [0.15, 0.2) is 0 Å². The lowest BCUT2D eigenvalue weighted by Crippen LogP contribution is -2.39. The Hall–Kier alpha value is 0.250. The van der Waals surface area contributed by atoms with Crippen LogP contribution in [0.5, 0.6) is 0 Å². The molecule has 0 saturated heterocycles. The van der Waals surface area contributed by atoms with Gasteiger partial charge in [0.25, 0.3) is 0 Å². The quantitative estimate of drug-likeness (QED) is 0.603. The Kier molecular flexibility index (Phi) is 4.24. The molecule has 0 aromatic carbocycles. The van der Waals surface area contributed by atoms with E-state index in [4.69, 9.17) is 11.6 Å². The van der Waals surface area contributed by atoms with Crippen LogP contribution < -0.4 is 5.32 Å². The minimum atomic E-state index is 0.219. The van der Waals surface area contributed by atoms with Crippen LogP contribution in [0.15, 0.2) is 0 Å². The van der Waals surface area contributed by atoms with E-state index in [1.54, 1.807) is 0 Å². The summed E-state index contributed by atoms with van der Waals surface area (Å²) in [5.41, 5.74) is 0.219. The minimum absolute atomic E-state index is 0.219. The van der Waals surface area contributed by atoms with Crippen LogP contribution >= 0.6 is 11.6 Å². The van der Waals surface area contributed by atoms with E-state index < -0.39 is 0 Å². The van der Waals surface area contributed by atoms with Gasteiger partial charge in [-0.25, -0.2) is 0 Å². The molecule has 0 aromatic heterocycles. The Morgan fingerprint density at radius 2 is 2.00 bits per heavy atom. The second-order valence-corrected chi connectivity index (χ2v) is 3.23. The number of hydrogen-bond donors (Lipinski definition) is 1. The van der Waals surface area contributed by atoms with Crippen molar-refractivity contribution in [3.63, 3.8) is 0 Å². The second kappa shape index (κ2) is 4.13. The van der Waals surface area contributed by atoms with E-state index in [-0.39, 0.29) is 5.54 Å². The van der Waals surface area contributed by atoms with Gasteiger partial charge in [0.1, 0.15) is 0 Å². The van der Waals surface area contributed by atoms with Crippen LogP contribution in [0.2, 0.25) is 0 Å². The molecule has 1 N–H and O–H groups in total. The highest BCUT2D eigenvalue weighted by atomic mass is 35.5. The van der Waals surface area contributed by atoms with Gasteiger partial charge in [-0.05, 0) is 26.8 Å². The largest absolute Gasteiger partial charge is 0.312 e. The highest BCUT2D eigenvalue weighted by Crippen LogP contribution is 2.07. The Morgan fingerprint density at radius 1 is 1.44 bits per heavy atom. The maximum atomic E-state index is 5.58. The van der Waals surface area contributed by atoms with Crippen LogP contribution in [0.4, 0.5) is 0 Å². The van der Waals surface area contributed by atoms with E-state index >= 15 is 0 Å². The molecular weight excluding hydrogens is 134 g/mol. The van der Waals surface area contributed by atoms with Crippen molar-refractivity contribution in [2.45, 2.75) is 32.7 Å². The number of halogens is 1. The number of alkyl halides is 1. The van der Waals surface area contributed by atoms with E-state index in [9.17, 15) is 0 Å². The lowest BCUT2D eigenvalue weighted by atomic mass is 10.0. The van der Waals surface area contributed by atoms with Crippen molar-refractivity contribution in [1.82, 2.24) is 5.32 Å². The average Bonchev–Trinajstić information content (AvgIpc) is 1.64. The standard InChI is InChI=1S/C7H16ClN/c1-4-9-7(2,3)5-6-8/h9H,4-6H2,1-3H3. The first kappa shape index (κ1) is 9.25. The van der Waals surface area contributed by atoms with Gasteiger partial charge in [-0.1, -0.05) is 6.92 Å². The first-order valence-corrected chi connectivity index (χ1v) is 3.97. The third kappa shape index (κ3) is 4.73. The minimum Gasteiger partial charge on any atom is -0.312 e. The molecule has 9 heavy (non-hydrogen) atoms. The van der Waals surface area contributed by atoms with Crippen LogP contribution in [0.25, 0.3) is 0 Å². The summed E-state index contributed by atoms with van der Waals surface area (Å²) < 4.78 is 0. The van der Waals surface area contributed by atoms with Crippen LogP contribution in [0.3, 0.4) is 0 Å². The summed E-state index contributed by atoms with van der Waals surface area (Å²) in [5.74, 6) is 0.736. The van der Waals surface area contributed by atoms with Crippen LogP contribution in [0, 0.1) is 0 Å². The number of hydrogen-bond acceptors (Lipinski definition) is 1. The third-order valence-electron chi connectivity index (χ3n) is 1.37. The topological polar surface area (TPSA) is 12.0 Å².